The van der Waals surface area contributed by atoms with E-state index < -0.39 is 0 Å². The summed E-state index contributed by atoms with van der Waals surface area (Å²) in [4.78, 5) is 19.1. The number of hydrogen-bond donors (Lipinski definition) is 0. The highest BCUT2D eigenvalue weighted by Gasteiger charge is 2.22. The third-order valence-electron chi connectivity index (χ3n) is 5.06. The molecule has 0 saturated carbocycles. The Bertz CT molecular complexity index is 756. The van der Waals surface area contributed by atoms with Crippen molar-refractivity contribution in [3.05, 3.63) is 64.7 Å². The average molecular weight is 402 g/mol. The van der Waals surface area contributed by atoms with Crippen molar-refractivity contribution in [1.29, 1.82) is 0 Å². The zero-order chi connectivity index (χ0) is 19.9. The van der Waals surface area contributed by atoms with Crippen molar-refractivity contribution in [2.24, 2.45) is 0 Å². The van der Waals surface area contributed by atoms with Gasteiger partial charge in [-0.1, -0.05) is 35.9 Å². The summed E-state index contributed by atoms with van der Waals surface area (Å²) >= 11 is 5.95. The van der Waals surface area contributed by atoms with Gasteiger partial charge in [0.05, 0.1) is 13.7 Å². The molecule has 1 heterocycles. The van der Waals surface area contributed by atoms with Crippen LogP contribution in [0.1, 0.15) is 11.1 Å². The van der Waals surface area contributed by atoms with E-state index in [1.807, 2.05) is 48.3 Å². The molecular formula is C22H28ClN3O2. The standard InChI is InChI=1S/C22H28ClN3O2/c1-24(15-18-5-9-21(28-2)10-6-18)17-22(27)26-13-11-25(12-14-26)16-19-3-7-20(23)8-4-19/h3-10H,11-17H2,1-2H3. The van der Waals surface area contributed by atoms with Gasteiger partial charge in [-0.25, -0.2) is 0 Å². The van der Waals surface area contributed by atoms with Crippen molar-refractivity contribution in [3.8, 4) is 5.75 Å². The van der Waals surface area contributed by atoms with Gasteiger partial charge < -0.3 is 9.64 Å². The fourth-order valence-corrected chi connectivity index (χ4v) is 3.56. The van der Waals surface area contributed by atoms with E-state index in [1.165, 1.54) is 11.1 Å². The number of methoxy groups -OCH3 is 1. The Morgan fingerprint density at radius 3 is 2.21 bits per heavy atom. The number of likely N-dealkylation sites (N-methyl/N-ethyl adjacent to an activating group) is 1. The first-order valence-electron chi connectivity index (χ1n) is 9.59. The van der Waals surface area contributed by atoms with Crippen LogP contribution in [0, 0.1) is 0 Å². The van der Waals surface area contributed by atoms with Gasteiger partial charge in [0, 0.05) is 44.3 Å². The maximum absolute atomic E-state index is 12.6. The number of halogens is 1. The van der Waals surface area contributed by atoms with Crippen molar-refractivity contribution in [3.63, 3.8) is 0 Å². The fourth-order valence-electron chi connectivity index (χ4n) is 3.43. The SMILES string of the molecule is COc1ccc(CN(C)CC(=O)N2CCN(Cc3ccc(Cl)cc3)CC2)cc1. The highest BCUT2D eigenvalue weighted by atomic mass is 35.5. The number of ether oxygens (including phenoxy) is 1. The van der Waals surface area contributed by atoms with Gasteiger partial charge in [-0.05, 0) is 42.4 Å². The lowest BCUT2D eigenvalue weighted by Gasteiger charge is -2.35. The second-order valence-electron chi connectivity index (χ2n) is 7.30. The summed E-state index contributed by atoms with van der Waals surface area (Å²) in [5.74, 6) is 1.04. The first-order valence-corrected chi connectivity index (χ1v) is 9.97. The molecule has 1 aliphatic rings. The Labute approximate surface area is 172 Å². The lowest BCUT2D eigenvalue weighted by molar-refractivity contribution is -0.134. The van der Waals surface area contributed by atoms with Crippen LogP contribution in [0.5, 0.6) is 5.75 Å². The summed E-state index contributed by atoms with van der Waals surface area (Å²) in [6.07, 6.45) is 0. The third-order valence-corrected chi connectivity index (χ3v) is 5.31. The Balaban J connectivity index is 1.42. The third kappa shape index (κ3) is 5.96. The molecule has 3 rings (SSSR count). The lowest BCUT2D eigenvalue weighted by Crippen LogP contribution is -2.50. The number of hydrogen-bond acceptors (Lipinski definition) is 4. The van der Waals surface area contributed by atoms with Crippen LogP contribution in [0.2, 0.25) is 5.02 Å². The van der Waals surface area contributed by atoms with Crippen molar-refractivity contribution in [1.82, 2.24) is 14.7 Å². The zero-order valence-corrected chi connectivity index (χ0v) is 17.4. The van der Waals surface area contributed by atoms with E-state index in [-0.39, 0.29) is 5.91 Å². The molecule has 0 radical (unpaired) electrons. The quantitative estimate of drug-likeness (QED) is 0.714. The number of piperazine rings is 1. The molecule has 28 heavy (non-hydrogen) atoms. The van der Waals surface area contributed by atoms with E-state index in [0.29, 0.717) is 6.54 Å². The molecule has 1 fully saturated rings. The van der Waals surface area contributed by atoms with Crippen LogP contribution in [0.25, 0.3) is 0 Å². The number of carbonyl (C=O) groups excluding carboxylic acids is 1. The van der Waals surface area contributed by atoms with Gasteiger partial charge >= 0.3 is 0 Å². The van der Waals surface area contributed by atoms with Crippen molar-refractivity contribution in [2.75, 3.05) is 46.9 Å². The summed E-state index contributed by atoms with van der Waals surface area (Å²) in [5, 5.41) is 0.762. The van der Waals surface area contributed by atoms with E-state index in [9.17, 15) is 4.79 Å². The van der Waals surface area contributed by atoms with Gasteiger partial charge in [0.25, 0.3) is 0 Å². The average Bonchev–Trinajstić information content (AvgIpc) is 2.71. The second-order valence-corrected chi connectivity index (χ2v) is 7.74. The summed E-state index contributed by atoms with van der Waals surface area (Å²) in [6, 6.07) is 16.0. The number of nitrogens with zero attached hydrogens (tertiary/aromatic N) is 3. The van der Waals surface area contributed by atoms with E-state index in [2.05, 4.69) is 21.9 Å². The van der Waals surface area contributed by atoms with Gasteiger partial charge in [0.1, 0.15) is 5.75 Å². The van der Waals surface area contributed by atoms with Crippen molar-refractivity contribution >= 4 is 17.5 Å². The largest absolute Gasteiger partial charge is 0.497 e. The minimum atomic E-state index is 0.196. The summed E-state index contributed by atoms with van der Waals surface area (Å²) in [6.45, 7) is 5.44. The molecule has 1 saturated heterocycles. The van der Waals surface area contributed by atoms with Crippen LogP contribution in [-0.2, 0) is 17.9 Å². The molecule has 1 aliphatic heterocycles. The molecule has 2 aromatic carbocycles. The summed E-state index contributed by atoms with van der Waals surface area (Å²) in [7, 11) is 3.65. The highest BCUT2D eigenvalue weighted by molar-refractivity contribution is 6.30. The molecule has 0 aliphatic carbocycles. The second kappa shape index (κ2) is 9.92. The number of benzene rings is 2. The minimum absolute atomic E-state index is 0.196. The van der Waals surface area contributed by atoms with Crippen molar-refractivity contribution in [2.45, 2.75) is 13.1 Å². The predicted octanol–water partition coefficient (Wildman–Crippen LogP) is 3.12. The maximum atomic E-state index is 12.6. The zero-order valence-electron chi connectivity index (χ0n) is 16.6. The molecule has 0 unspecified atom stereocenters. The molecule has 150 valence electrons. The number of carbonyl (C=O) groups is 1. The molecule has 2 aromatic rings. The number of rotatable bonds is 7. The maximum Gasteiger partial charge on any atom is 0.236 e. The fraction of sp³-hybridized carbons (Fsp3) is 0.409. The summed E-state index contributed by atoms with van der Waals surface area (Å²) in [5.41, 5.74) is 2.42. The first kappa shape index (κ1) is 20.6. The highest BCUT2D eigenvalue weighted by Crippen LogP contribution is 2.14. The molecule has 0 bridgehead atoms. The van der Waals surface area contributed by atoms with E-state index in [1.54, 1.807) is 7.11 Å². The molecule has 0 atom stereocenters. The van der Waals surface area contributed by atoms with Crippen LogP contribution >= 0.6 is 11.6 Å². The van der Waals surface area contributed by atoms with Gasteiger partial charge in [0.15, 0.2) is 0 Å². The van der Waals surface area contributed by atoms with Gasteiger partial charge in [-0.3, -0.25) is 14.6 Å². The number of amides is 1. The van der Waals surface area contributed by atoms with Crippen molar-refractivity contribution < 1.29 is 9.53 Å². The monoisotopic (exact) mass is 401 g/mol. The van der Waals surface area contributed by atoms with E-state index in [0.717, 1.165) is 50.0 Å². The Morgan fingerprint density at radius 1 is 1.00 bits per heavy atom. The Kier molecular flexibility index (Phi) is 7.31. The van der Waals surface area contributed by atoms with Crippen LogP contribution in [-0.4, -0.2) is 67.5 Å². The van der Waals surface area contributed by atoms with E-state index in [4.69, 9.17) is 16.3 Å². The molecular weight excluding hydrogens is 374 g/mol. The van der Waals surface area contributed by atoms with Gasteiger partial charge in [-0.2, -0.15) is 0 Å². The molecule has 6 heteroatoms. The molecule has 0 spiro atoms. The summed E-state index contributed by atoms with van der Waals surface area (Å²) < 4.78 is 5.19. The predicted molar refractivity (Wildman–Crippen MR) is 113 cm³/mol. The van der Waals surface area contributed by atoms with Crippen LogP contribution in [0.15, 0.2) is 48.5 Å². The lowest BCUT2D eigenvalue weighted by atomic mass is 10.2. The molecule has 1 amide bonds. The van der Waals surface area contributed by atoms with Crippen LogP contribution in [0.3, 0.4) is 0 Å². The first-order chi connectivity index (χ1) is 13.5. The molecule has 0 N–H and O–H groups in total. The normalized spacial score (nSPS) is 15.1. The van der Waals surface area contributed by atoms with Gasteiger partial charge in [0.2, 0.25) is 5.91 Å². The van der Waals surface area contributed by atoms with Gasteiger partial charge in [-0.15, -0.1) is 0 Å². The Hall–Kier alpha value is -2.08. The molecule has 0 aromatic heterocycles. The van der Waals surface area contributed by atoms with E-state index >= 15 is 0 Å². The van der Waals surface area contributed by atoms with Crippen LogP contribution in [0.4, 0.5) is 0 Å². The Morgan fingerprint density at radius 2 is 1.61 bits per heavy atom. The topological polar surface area (TPSA) is 36.0 Å². The smallest absolute Gasteiger partial charge is 0.236 e. The van der Waals surface area contributed by atoms with Crippen LogP contribution < -0.4 is 4.74 Å². The minimum Gasteiger partial charge on any atom is -0.497 e. The molecule has 5 nitrogen and oxygen atoms in total.